The van der Waals surface area contributed by atoms with Crippen LogP contribution in [0, 0.1) is 23.0 Å². The average molecular weight is 422 g/mol. The van der Waals surface area contributed by atoms with Gasteiger partial charge in [-0.2, -0.15) is 0 Å². The standard InChI is InChI=1S/C20H21Cl2N3O3/c1-13-4-6-16(25(27)28)10-19(13)23-20(26)15-3-2-8-24(12-15)11-14-5-7-17(21)18(22)9-14/h4-7,9-10,15H,2-3,8,11-12H2,1H3,(H,23,26). The summed E-state index contributed by atoms with van der Waals surface area (Å²) in [6.07, 6.45) is 1.70. The summed E-state index contributed by atoms with van der Waals surface area (Å²) < 4.78 is 0. The number of carbonyl (C=O) groups is 1. The van der Waals surface area contributed by atoms with Crippen molar-refractivity contribution in [3.63, 3.8) is 0 Å². The van der Waals surface area contributed by atoms with Crippen LogP contribution in [0.3, 0.4) is 0 Å². The van der Waals surface area contributed by atoms with Crippen molar-refractivity contribution in [2.75, 3.05) is 18.4 Å². The third kappa shape index (κ3) is 5.01. The van der Waals surface area contributed by atoms with Gasteiger partial charge in [0, 0.05) is 25.2 Å². The molecule has 0 saturated carbocycles. The van der Waals surface area contributed by atoms with Crippen molar-refractivity contribution in [2.45, 2.75) is 26.3 Å². The van der Waals surface area contributed by atoms with Gasteiger partial charge in [-0.15, -0.1) is 0 Å². The second kappa shape index (κ2) is 8.90. The van der Waals surface area contributed by atoms with Gasteiger partial charge in [0.15, 0.2) is 0 Å². The Morgan fingerprint density at radius 3 is 2.75 bits per heavy atom. The zero-order chi connectivity index (χ0) is 20.3. The van der Waals surface area contributed by atoms with Gasteiger partial charge >= 0.3 is 0 Å². The summed E-state index contributed by atoms with van der Waals surface area (Å²) in [7, 11) is 0. The molecule has 1 unspecified atom stereocenters. The van der Waals surface area contributed by atoms with Crippen molar-refractivity contribution in [2.24, 2.45) is 5.92 Å². The first-order valence-corrected chi connectivity index (χ1v) is 9.81. The number of halogens is 2. The lowest BCUT2D eigenvalue weighted by molar-refractivity contribution is -0.384. The predicted octanol–water partition coefficient (Wildman–Crippen LogP) is 5.06. The van der Waals surface area contributed by atoms with E-state index < -0.39 is 4.92 Å². The number of amides is 1. The Labute approximate surface area is 173 Å². The van der Waals surface area contributed by atoms with Crippen molar-refractivity contribution in [3.05, 3.63) is 67.7 Å². The number of benzene rings is 2. The molecule has 6 nitrogen and oxygen atoms in total. The van der Waals surface area contributed by atoms with Crippen molar-refractivity contribution < 1.29 is 9.72 Å². The summed E-state index contributed by atoms with van der Waals surface area (Å²) >= 11 is 12.1. The lowest BCUT2D eigenvalue weighted by atomic mass is 9.96. The lowest BCUT2D eigenvalue weighted by Gasteiger charge is -2.32. The van der Waals surface area contributed by atoms with Crippen LogP contribution in [0.5, 0.6) is 0 Å². The average Bonchev–Trinajstić information content (AvgIpc) is 2.66. The summed E-state index contributed by atoms with van der Waals surface area (Å²) in [6.45, 7) is 4.03. The number of nitro benzene ring substituents is 1. The fraction of sp³-hybridized carbons (Fsp3) is 0.350. The molecule has 28 heavy (non-hydrogen) atoms. The Bertz CT molecular complexity index is 904. The largest absolute Gasteiger partial charge is 0.325 e. The van der Waals surface area contributed by atoms with E-state index in [0.29, 0.717) is 28.8 Å². The van der Waals surface area contributed by atoms with Gasteiger partial charge in [0.2, 0.25) is 5.91 Å². The van der Waals surface area contributed by atoms with Crippen LogP contribution in [0.1, 0.15) is 24.0 Å². The van der Waals surface area contributed by atoms with Crippen LogP contribution in [0.2, 0.25) is 10.0 Å². The molecule has 0 radical (unpaired) electrons. The smallest absolute Gasteiger partial charge is 0.271 e. The van der Waals surface area contributed by atoms with E-state index in [1.165, 1.54) is 12.1 Å². The molecule has 1 fully saturated rings. The van der Waals surface area contributed by atoms with E-state index in [-0.39, 0.29) is 17.5 Å². The molecule has 148 valence electrons. The molecule has 1 aliphatic rings. The minimum atomic E-state index is -0.464. The molecule has 0 aliphatic carbocycles. The van der Waals surface area contributed by atoms with Crippen molar-refractivity contribution in [1.82, 2.24) is 4.90 Å². The highest BCUT2D eigenvalue weighted by Crippen LogP contribution is 2.26. The van der Waals surface area contributed by atoms with Crippen LogP contribution >= 0.6 is 23.2 Å². The minimum absolute atomic E-state index is 0.0363. The molecule has 0 spiro atoms. The van der Waals surface area contributed by atoms with Crippen LogP contribution in [0.25, 0.3) is 0 Å². The number of aryl methyl sites for hydroxylation is 1. The van der Waals surface area contributed by atoms with Gasteiger partial charge < -0.3 is 5.32 Å². The molecule has 1 N–H and O–H groups in total. The molecule has 1 amide bonds. The summed E-state index contributed by atoms with van der Waals surface area (Å²) in [5, 5.41) is 14.9. The molecule has 2 aromatic carbocycles. The molecular weight excluding hydrogens is 401 g/mol. The fourth-order valence-corrected chi connectivity index (χ4v) is 3.72. The van der Waals surface area contributed by atoms with E-state index >= 15 is 0 Å². The first-order chi connectivity index (χ1) is 13.3. The van der Waals surface area contributed by atoms with Gasteiger partial charge in [-0.1, -0.05) is 35.3 Å². The maximum Gasteiger partial charge on any atom is 0.271 e. The number of non-ortho nitro benzene ring substituents is 1. The second-order valence-corrected chi connectivity index (χ2v) is 7.88. The van der Waals surface area contributed by atoms with Gasteiger partial charge in [-0.05, 0) is 49.6 Å². The highest BCUT2D eigenvalue weighted by Gasteiger charge is 2.26. The molecule has 8 heteroatoms. The highest BCUT2D eigenvalue weighted by atomic mass is 35.5. The lowest BCUT2D eigenvalue weighted by Crippen LogP contribution is -2.40. The summed E-state index contributed by atoms with van der Waals surface area (Å²) in [6, 6.07) is 10.0. The number of hydrogen-bond acceptors (Lipinski definition) is 4. The monoisotopic (exact) mass is 421 g/mol. The molecule has 1 atom stereocenters. The molecule has 0 aromatic heterocycles. The summed E-state index contributed by atoms with van der Waals surface area (Å²) in [5.41, 5.74) is 2.29. The van der Waals surface area contributed by atoms with Crippen molar-refractivity contribution >= 4 is 40.5 Å². The number of nitrogens with one attached hydrogen (secondary N) is 1. The molecule has 3 rings (SSSR count). The molecule has 1 aliphatic heterocycles. The Morgan fingerprint density at radius 1 is 1.25 bits per heavy atom. The van der Waals surface area contributed by atoms with Crippen LogP contribution in [-0.4, -0.2) is 28.8 Å². The number of rotatable bonds is 5. The SMILES string of the molecule is Cc1ccc([N+](=O)[O-])cc1NC(=O)C1CCCN(Cc2ccc(Cl)c(Cl)c2)C1. The predicted molar refractivity (Wildman–Crippen MR) is 111 cm³/mol. The van der Waals surface area contributed by atoms with Gasteiger partial charge in [-0.3, -0.25) is 19.8 Å². The molecule has 2 aromatic rings. The summed E-state index contributed by atoms with van der Waals surface area (Å²) in [4.78, 5) is 25.5. The van der Waals surface area contributed by atoms with Gasteiger partial charge in [0.1, 0.15) is 0 Å². The Balaban J connectivity index is 1.65. The molecular formula is C20H21Cl2N3O3. The van der Waals surface area contributed by atoms with Crippen LogP contribution in [0.4, 0.5) is 11.4 Å². The highest BCUT2D eigenvalue weighted by molar-refractivity contribution is 6.42. The van der Waals surface area contributed by atoms with Gasteiger partial charge in [0.05, 0.1) is 26.6 Å². The Hall–Kier alpha value is -2.15. The number of anilines is 1. The van der Waals surface area contributed by atoms with E-state index in [0.717, 1.165) is 30.5 Å². The molecule has 0 bridgehead atoms. The first kappa shape index (κ1) is 20.6. The topological polar surface area (TPSA) is 75.5 Å². The first-order valence-electron chi connectivity index (χ1n) is 9.05. The number of nitrogens with zero attached hydrogens (tertiary/aromatic N) is 2. The molecule has 1 saturated heterocycles. The van der Waals surface area contributed by atoms with E-state index in [2.05, 4.69) is 10.2 Å². The second-order valence-electron chi connectivity index (χ2n) is 7.07. The maximum atomic E-state index is 12.8. The third-order valence-corrected chi connectivity index (χ3v) is 5.70. The van der Waals surface area contributed by atoms with Crippen LogP contribution in [0.15, 0.2) is 36.4 Å². The zero-order valence-corrected chi connectivity index (χ0v) is 17.0. The number of piperidine rings is 1. The van der Waals surface area contributed by atoms with E-state index in [1.54, 1.807) is 12.1 Å². The van der Waals surface area contributed by atoms with Gasteiger partial charge in [0.25, 0.3) is 5.69 Å². The fourth-order valence-electron chi connectivity index (χ4n) is 3.40. The van der Waals surface area contributed by atoms with E-state index in [4.69, 9.17) is 23.2 Å². The maximum absolute atomic E-state index is 12.8. The van der Waals surface area contributed by atoms with E-state index in [9.17, 15) is 14.9 Å². The normalized spacial score (nSPS) is 17.3. The minimum Gasteiger partial charge on any atom is -0.325 e. The quantitative estimate of drug-likeness (QED) is 0.540. The van der Waals surface area contributed by atoms with Crippen LogP contribution in [-0.2, 0) is 11.3 Å². The van der Waals surface area contributed by atoms with Crippen molar-refractivity contribution in [1.29, 1.82) is 0 Å². The third-order valence-electron chi connectivity index (χ3n) is 4.96. The summed E-state index contributed by atoms with van der Waals surface area (Å²) in [5.74, 6) is -0.280. The molecule has 1 heterocycles. The number of likely N-dealkylation sites (tertiary alicyclic amines) is 1. The number of carbonyl (C=O) groups excluding carboxylic acids is 1. The number of nitro groups is 1. The number of hydrogen-bond donors (Lipinski definition) is 1. The van der Waals surface area contributed by atoms with E-state index in [1.807, 2.05) is 19.1 Å². The zero-order valence-electron chi connectivity index (χ0n) is 15.5. The van der Waals surface area contributed by atoms with Crippen LogP contribution < -0.4 is 5.32 Å². The van der Waals surface area contributed by atoms with Gasteiger partial charge in [-0.25, -0.2) is 0 Å². The van der Waals surface area contributed by atoms with Crippen molar-refractivity contribution in [3.8, 4) is 0 Å². The Morgan fingerprint density at radius 2 is 2.04 bits per heavy atom. The Kier molecular flexibility index (Phi) is 6.54.